The number of likely N-dealkylation sites (tertiary alicyclic amines) is 1. The lowest BCUT2D eigenvalue weighted by atomic mass is 9.85. The van der Waals surface area contributed by atoms with Gasteiger partial charge < -0.3 is 4.74 Å². The van der Waals surface area contributed by atoms with Crippen LogP contribution in [0.15, 0.2) is 36.7 Å². The summed E-state index contributed by atoms with van der Waals surface area (Å²) in [6.07, 6.45) is 9.73. The van der Waals surface area contributed by atoms with Crippen LogP contribution in [0.5, 0.6) is 0 Å². The van der Waals surface area contributed by atoms with Gasteiger partial charge in [-0.1, -0.05) is 25.5 Å². The van der Waals surface area contributed by atoms with E-state index < -0.39 is 0 Å². The average molecular weight is 313 g/mol. The van der Waals surface area contributed by atoms with Gasteiger partial charge in [0.05, 0.1) is 30.6 Å². The third kappa shape index (κ3) is 2.30. The number of hydrogen-bond donors (Lipinski definition) is 0. The highest BCUT2D eigenvalue weighted by atomic mass is 16.5. The number of pyridine rings is 1. The molecule has 1 aromatic rings. The minimum atomic E-state index is -0.312. The molecular formula is C18H21N2O3+. The average Bonchev–Trinajstić information content (AvgIpc) is 3.23. The molecular weight excluding hydrogens is 292 g/mol. The first-order chi connectivity index (χ1) is 11.2. The van der Waals surface area contributed by atoms with Crippen LogP contribution in [0.4, 0.5) is 0 Å². The van der Waals surface area contributed by atoms with Crippen LogP contribution in [0.3, 0.4) is 0 Å². The van der Waals surface area contributed by atoms with Gasteiger partial charge in [-0.25, -0.2) is 4.57 Å². The van der Waals surface area contributed by atoms with Crippen LogP contribution in [0.25, 0.3) is 0 Å². The number of carbonyl (C=O) groups excluding carboxylic acids is 2. The number of carbonyl (C=O) groups is 2. The van der Waals surface area contributed by atoms with E-state index in [1.54, 1.807) is 0 Å². The van der Waals surface area contributed by atoms with Crippen molar-refractivity contribution >= 4 is 11.8 Å². The van der Waals surface area contributed by atoms with Crippen LogP contribution in [-0.4, -0.2) is 28.9 Å². The Balaban J connectivity index is 1.52. The lowest BCUT2D eigenvalue weighted by molar-refractivity contribution is -0.697. The molecule has 2 fully saturated rings. The highest BCUT2D eigenvalue weighted by molar-refractivity contribution is 6.06. The molecule has 2 bridgehead atoms. The van der Waals surface area contributed by atoms with E-state index in [9.17, 15) is 9.59 Å². The Hall–Kier alpha value is -2.01. The van der Waals surface area contributed by atoms with E-state index in [1.165, 1.54) is 4.90 Å². The van der Waals surface area contributed by atoms with Gasteiger partial charge >= 0.3 is 0 Å². The topological polar surface area (TPSA) is 50.5 Å². The number of imide groups is 1. The second-order valence-corrected chi connectivity index (χ2v) is 6.57. The number of nitrogens with zero attached hydrogens (tertiary/aromatic N) is 2. The first-order valence-corrected chi connectivity index (χ1v) is 8.36. The Bertz CT molecular complexity index is 655. The summed E-state index contributed by atoms with van der Waals surface area (Å²) in [6.45, 7) is 3.48. The van der Waals surface area contributed by atoms with Crippen molar-refractivity contribution < 1.29 is 18.9 Å². The minimum Gasteiger partial charge on any atom is -0.365 e. The third-order valence-corrected chi connectivity index (χ3v) is 5.03. The second kappa shape index (κ2) is 5.57. The molecule has 2 amide bonds. The quantitative estimate of drug-likeness (QED) is 0.466. The molecule has 0 unspecified atom stereocenters. The smallest absolute Gasteiger partial charge is 0.236 e. The predicted molar refractivity (Wildman–Crippen MR) is 81.9 cm³/mol. The van der Waals surface area contributed by atoms with Crippen molar-refractivity contribution in [2.45, 2.75) is 45.1 Å². The Morgan fingerprint density at radius 2 is 1.87 bits per heavy atom. The van der Waals surface area contributed by atoms with Crippen molar-refractivity contribution in [2.24, 2.45) is 11.8 Å². The maximum atomic E-state index is 12.6. The van der Waals surface area contributed by atoms with E-state index in [4.69, 9.17) is 4.74 Å². The summed E-state index contributed by atoms with van der Waals surface area (Å²) >= 11 is 0. The van der Waals surface area contributed by atoms with Gasteiger partial charge in [-0.05, 0) is 6.07 Å². The number of ether oxygens (including phenoxy) is 1. The van der Waals surface area contributed by atoms with Crippen LogP contribution in [-0.2, 0) is 27.4 Å². The highest BCUT2D eigenvalue weighted by Gasteiger charge is 2.60. The van der Waals surface area contributed by atoms with Gasteiger partial charge in [0, 0.05) is 18.1 Å². The Morgan fingerprint density at radius 3 is 2.52 bits per heavy atom. The maximum absolute atomic E-state index is 12.6. The SMILES string of the molecule is CCCC[n+]1cccc(CN2C(=O)[C@@H]3[C@H](C2=O)[C@H]2C=C[C@@H]3O2)c1. The van der Waals surface area contributed by atoms with Crippen molar-refractivity contribution in [1.82, 2.24) is 4.90 Å². The third-order valence-electron chi connectivity index (χ3n) is 5.03. The lowest BCUT2D eigenvalue weighted by Gasteiger charge is -2.17. The summed E-state index contributed by atoms with van der Waals surface area (Å²) in [5, 5.41) is 0. The van der Waals surface area contributed by atoms with Crippen molar-refractivity contribution in [3.05, 3.63) is 42.2 Å². The van der Waals surface area contributed by atoms with Gasteiger partial charge in [-0.2, -0.15) is 0 Å². The molecule has 120 valence electrons. The first kappa shape index (κ1) is 14.6. The molecule has 5 heteroatoms. The fourth-order valence-corrected chi connectivity index (χ4v) is 3.85. The van der Waals surface area contributed by atoms with Gasteiger partial charge in [-0.3, -0.25) is 14.5 Å². The largest absolute Gasteiger partial charge is 0.365 e. The minimum absolute atomic E-state index is 0.0826. The zero-order chi connectivity index (χ0) is 16.0. The predicted octanol–water partition coefficient (Wildman–Crippen LogP) is 1.21. The van der Waals surface area contributed by atoms with E-state index in [-0.39, 0.29) is 35.9 Å². The van der Waals surface area contributed by atoms with E-state index >= 15 is 0 Å². The van der Waals surface area contributed by atoms with E-state index in [0.717, 1.165) is 24.9 Å². The number of aryl methyl sites for hydroxylation is 1. The lowest BCUT2D eigenvalue weighted by Crippen LogP contribution is -2.36. The molecule has 0 aromatic carbocycles. The van der Waals surface area contributed by atoms with Crippen LogP contribution in [0.2, 0.25) is 0 Å². The standard InChI is InChI=1S/C18H21N2O3/c1-2-3-8-19-9-4-5-12(10-19)11-20-17(21)15-13-6-7-14(23-13)16(15)18(20)22/h4-7,9-10,13-16H,2-3,8,11H2,1H3/q+1/t13-,14+,15-,16+. The van der Waals surface area contributed by atoms with Crippen molar-refractivity contribution in [1.29, 1.82) is 0 Å². The number of unbranched alkanes of at least 4 members (excludes halogenated alkanes) is 1. The van der Waals surface area contributed by atoms with Crippen LogP contribution < -0.4 is 4.57 Å². The Kier molecular flexibility index (Phi) is 3.53. The summed E-state index contributed by atoms with van der Waals surface area (Å²) in [5.41, 5.74) is 0.992. The molecule has 0 radical (unpaired) electrons. The molecule has 3 aliphatic heterocycles. The van der Waals surface area contributed by atoms with Crippen LogP contribution >= 0.6 is 0 Å². The molecule has 3 aliphatic rings. The van der Waals surface area contributed by atoms with Gasteiger partial charge in [-0.15, -0.1) is 0 Å². The zero-order valence-electron chi connectivity index (χ0n) is 13.2. The van der Waals surface area contributed by atoms with Crippen molar-refractivity contribution in [3.8, 4) is 0 Å². The fourth-order valence-electron chi connectivity index (χ4n) is 3.85. The second-order valence-electron chi connectivity index (χ2n) is 6.57. The molecule has 0 N–H and O–H groups in total. The molecule has 0 saturated carbocycles. The summed E-state index contributed by atoms with van der Waals surface area (Å²) < 4.78 is 7.78. The maximum Gasteiger partial charge on any atom is 0.236 e. The van der Waals surface area contributed by atoms with Gasteiger partial charge in [0.1, 0.15) is 6.54 Å². The van der Waals surface area contributed by atoms with Gasteiger partial charge in [0.25, 0.3) is 0 Å². The molecule has 2 saturated heterocycles. The molecule has 5 nitrogen and oxygen atoms in total. The Labute approximate surface area is 135 Å². The molecule has 4 rings (SSSR count). The first-order valence-electron chi connectivity index (χ1n) is 8.36. The van der Waals surface area contributed by atoms with Crippen LogP contribution in [0, 0.1) is 11.8 Å². The van der Waals surface area contributed by atoms with Crippen molar-refractivity contribution in [2.75, 3.05) is 0 Å². The van der Waals surface area contributed by atoms with Crippen LogP contribution in [0.1, 0.15) is 25.3 Å². The normalized spacial score (nSPS) is 31.3. The summed E-state index contributed by atoms with van der Waals surface area (Å²) in [5.74, 6) is -0.788. The molecule has 4 atom stereocenters. The number of rotatable bonds is 5. The number of hydrogen-bond acceptors (Lipinski definition) is 3. The van der Waals surface area contributed by atoms with Gasteiger partial charge in [0.15, 0.2) is 12.4 Å². The fraction of sp³-hybridized carbons (Fsp3) is 0.500. The summed E-state index contributed by atoms with van der Waals surface area (Å²) in [7, 11) is 0. The molecule has 1 aromatic heterocycles. The summed E-state index contributed by atoms with van der Waals surface area (Å²) in [6, 6.07) is 3.95. The summed E-state index contributed by atoms with van der Waals surface area (Å²) in [4.78, 5) is 26.7. The Morgan fingerprint density at radius 1 is 1.17 bits per heavy atom. The molecule has 23 heavy (non-hydrogen) atoms. The molecule has 0 spiro atoms. The van der Waals surface area contributed by atoms with Crippen molar-refractivity contribution in [3.63, 3.8) is 0 Å². The molecule has 4 heterocycles. The molecule has 0 aliphatic carbocycles. The highest BCUT2D eigenvalue weighted by Crippen LogP contribution is 2.45. The van der Waals surface area contributed by atoms with E-state index in [0.29, 0.717) is 6.54 Å². The van der Waals surface area contributed by atoms with Gasteiger partial charge in [0.2, 0.25) is 11.8 Å². The number of amides is 2. The zero-order valence-corrected chi connectivity index (χ0v) is 13.2. The van der Waals surface area contributed by atoms with E-state index in [2.05, 4.69) is 11.5 Å². The van der Waals surface area contributed by atoms with E-state index in [1.807, 2.05) is 36.7 Å². The number of fused-ring (bicyclic) bond motifs is 5. The monoisotopic (exact) mass is 313 g/mol. The number of aromatic nitrogens is 1.